The minimum atomic E-state index is -0.0211. The van der Waals surface area contributed by atoms with Crippen LogP contribution >= 0.6 is 0 Å². The molecular formula is C9H14N2O. The summed E-state index contributed by atoms with van der Waals surface area (Å²) in [7, 11) is 0. The zero-order valence-corrected chi connectivity index (χ0v) is 7.74. The molecule has 66 valence electrons. The predicted octanol–water partition coefficient (Wildman–Crippen LogP) is 1.84. The molecule has 0 saturated carbocycles. The molecule has 0 radical (unpaired) electrons. The number of hydrogen-bond acceptors (Lipinski definition) is 2. The standard InChI is InChI=1S/C9H14N2O/c1-4-9(2,3)11-6-5-10-8(11)7-12/h5-7H,4H2,1-3H3. The second-order valence-electron chi connectivity index (χ2n) is 3.44. The van der Waals surface area contributed by atoms with Gasteiger partial charge >= 0.3 is 0 Å². The first-order chi connectivity index (χ1) is 5.61. The number of aldehydes is 1. The van der Waals surface area contributed by atoms with E-state index >= 15 is 0 Å². The lowest BCUT2D eigenvalue weighted by molar-refractivity contribution is 0.110. The van der Waals surface area contributed by atoms with Crippen molar-refractivity contribution in [3.05, 3.63) is 18.2 Å². The third-order valence-electron chi connectivity index (χ3n) is 2.29. The Morgan fingerprint density at radius 3 is 2.83 bits per heavy atom. The van der Waals surface area contributed by atoms with Gasteiger partial charge in [0.1, 0.15) is 0 Å². The molecule has 1 aromatic rings. The molecule has 0 saturated heterocycles. The van der Waals surface area contributed by atoms with Crippen LogP contribution in [0, 0.1) is 0 Å². The van der Waals surface area contributed by atoms with Crippen molar-refractivity contribution in [3.63, 3.8) is 0 Å². The van der Waals surface area contributed by atoms with Gasteiger partial charge < -0.3 is 4.57 Å². The molecule has 0 aliphatic carbocycles. The maximum absolute atomic E-state index is 10.6. The van der Waals surface area contributed by atoms with E-state index in [1.54, 1.807) is 6.20 Å². The van der Waals surface area contributed by atoms with E-state index in [-0.39, 0.29) is 5.54 Å². The van der Waals surface area contributed by atoms with Gasteiger partial charge in [-0.05, 0) is 20.3 Å². The molecule has 3 nitrogen and oxygen atoms in total. The van der Waals surface area contributed by atoms with Crippen molar-refractivity contribution in [2.24, 2.45) is 0 Å². The zero-order chi connectivity index (χ0) is 9.19. The highest BCUT2D eigenvalue weighted by atomic mass is 16.1. The van der Waals surface area contributed by atoms with Crippen LogP contribution < -0.4 is 0 Å². The molecule has 0 unspecified atom stereocenters. The van der Waals surface area contributed by atoms with Gasteiger partial charge in [-0.1, -0.05) is 6.92 Å². The first-order valence-corrected chi connectivity index (χ1v) is 4.11. The van der Waals surface area contributed by atoms with Crippen molar-refractivity contribution in [3.8, 4) is 0 Å². The third kappa shape index (κ3) is 1.40. The quantitative estimate of drug-likeness (QED) is 0.642. The summed E-state index contributed by atoms with van der Waals surface area (Å²) in [5, 5.41) is 0. The molecule has 0 aliphatic rings. The smallest absolute Gasteiger partial charge is 0.185 e. The molecule has 0 amide bonds. The lowest BCUT2D eigenvalue weighted by Gasteiger charge is -2.25. The summed E-state index contributed by atoms with van der Waals surface area (Å²) in [6.07, 6.45) is 5.26. The largest absolute Gasteiger partial charge is 0.323 e. The van der Waals surface area contributed by atoms with Crippen LogP contribution in [0.3, 0.4) is 0 Å². The van der Waals surface area contributed by atoms with E-state index in [4.69, 9.17) is 0 Å². The number of carbonyl (C=O) groups is 1. The molecule has 0 aromatic carbocycles. The van der Waals surface area contributed by atoms with E-state index in [1.807, 2.05) is 10.8 Å². The molecule has 12 heavy (non-hydrogen) atoms. The lowest BCUT2D eigenvalue weighted by atomic mass is 10.0. The zero-order valence-electron chi connectivity index (χ0n) is 7.74. The van der Waals surface area contributed by atoms with Crippen LogP contribution in [0.1, 0.15) is 37.8 Å². The first-order valence-electron chi connectivity index (χ1n) is 4.11. The van der Waals surface area contributed by atoms with Gasteiger partial charge in [0.2, 0.25) is 0 Å². The Bertz CT molecular complexity index is 276. The lowest BCUT2D eigenvalue weighted by Crippen LogP contribution is -2.26. The maximum Gasteiger partial charge on any atom is 0.185 e. The van der Waals surface area contributed by atoms with Crippen molar-refractivity contribution in [1.82, 2.24) is 9.55 Å². The Morgan fingerprint density at radius 2 is 2.33 bits per heavy atom. The summed E-state index contributed by atoms with van der Waals surface area (Å²) in [5.74, 6) is 0.502. The third-order valence-corrected chi connectivity index (χ3v) is 2.29. The van der Waals surface area contributed by atoms with Crippen LogP contribution in [0.5, 0.6) is 0 Å². The van der Waals surface area contributed by atoms with Crippen LogP contribution in [0.2, 0.25) is 0 Å². The normalized spacial score (nSPS) is 11.6. The molecule has 1 aromatic heterocycles. The Morgan fingerprint density at radius 1 is 1.67 bits per heavy atom. The van der Waals surface area contributed by atoms with E-state index < -0.39 is 0 Å². The predicted molar refractivity (Wildman–Crippen MR) is 47.2 cm³/mol. The number of hydrogen-bond donors (Lipinski definition) is 0. The number of rotatable bonds is 3. The van der Waals surface area contributed by atoms with Crippen LogP contribution in [0.15, 0.2) is 12.4 Å². The van der Waals surface area contributed by atoms with Gasteiger partial charge in [-0.25, -0.2) is 4.98 Å². The fourth-order valence-corrected chi connectivity index (χ4v) is 1.08. The highest BCUT2D eigenvalue weighted by Crippen LogP contribution is 2.19. The van der Waals surface area contributed by atoms with E-state index in [1.165, 1.54) is 0 Å². The van der Waals surface area contributed by atoms with Crippen LogP contribution in [-0.4, -0.2) is 15.8 Å². The average Bonchev–Trinajstić information content (AvgIpc) is 2.52. The molecule has 3 heteroatoms. The second-order valence-corrected chi connectivity index (χ2v) is 3.44. The Hall–Kier alpha value is -1.12. The molecular weight excluding hydrogens is 152 g/mol. The Kier molecular flexibility index (Phi) is 2.31. The Labute approximate surface area is 72.4 Å². The van der Waals surface area contributed by atoms with Crippen molar-refractivity contribution in [1.29, 1.82) is 0 Å². The molecule has 0 spiro atoms. The van der Waals surface area contributed by atoms with Gasteiger partial charge in [0.15, 0.2) is 12.1 Å². The minimum Gasteiger partial charge on any atom is -0.323 e. The summed E-state index contributed by atoms with van der Waals surface area (Å²) in [5.41, 5.74) is -0.0211. The van der Waals surface area contributed by atoms with E-state index in [2.05, 4.69) is 25.8 Å². The average molecular weight is 166 g/mol. The molecule has 0 N–H and O–H groups in total. The van der Waals surface area contributed by atoms with Gasteiger partial charge in [0.05, 0.1) is 0 Å². The van der Waals surface area contributed by atoms with Gasteiger partial charge in [0, 0.05) is 17.9 Å². The van der Waals surface area contributed by atoms with Crippen LogP contribution in [0.25, 0.3) is 0 Å². The molecule has 0 atom stereocenters. The van der Waals surface area contributed by atoms with Crippen molar-refractivity contribution < 1.29 is 4.79 Å². The van der Waals surface area contributed by atoms with E-state index in [9.17, 15) is 4.79 Å². The number of imidazole rings is 1. The van der Waals surface area contributed by atoms with Gasteiger partial charge in [-0.15, -0.1) is 0 Å². The van der Waals surface area contributed by atoms with Crippen LogP contribution in [-0.2, 0) is 5.54 Å². The Balaban J connectivity index is 3.08. The SMILES string of the molecule is CCC(C)(C)n1ccnc1C=O. The summed E-state index contributed by atoms with van der Waals surface area (Å²) in [4.78, 5) is 14.5. The maximum atomic E-state index is 10.6. The van der Waals surface area contributed by atoms with E-state index in [0.29, 0.717) is 5.82 Å². The fraction of sp³-hybridized carbons (Fsp3) is 0.556. The number of carbonyl (C=O) groups excluding carboxylic acids is 1. The summed E-state index contributed by atoms with van der Waals surface area (Å²) >= 11 is 0. The van der Waals surface area contributed by atoms with E-state index in [0.717, 1.165) is 12.7 Å². The molecule has 0 bridgehead atoms. The molecule has 0 aliphatic heterocycles. The van der Waals surface area contributed by atoms with Gasteiger partial charge in [0.25, 0.3) is 0 Å². The van der Waals surface area contributed by atoms with Crippen molar-refractivity contribution in [2.45, 2.75) is 32.7 Å². The fourth-order valence-electron chi connectivity index (χ4n) is 1.08. The first kappa shape index (κ1) is 8.97. The molecule has 0 fully saturated rings. The highest BCUT2D eigenvalue weighted by molar-refractivity contribution is 5.69. The summed E-state index contributed by atoms with van der Waals surface area (Å²) in [6, 6.07) is 0. The van der Waals surface area contributed by atoms with Gasteiger partial charge in [-0.3, -0.25) is 4.79 Å². The molecule has 1 heterocycles. The topological polar surface area (TPSA) is 34.9 Å². The monoisotopic (exact) mass is 166 g/mol. The second kappa shape index (κ2) is 3.09. The van der Waals surface area contributed by atoms with Crippen LogP contribution in [0.4, 0.5) is 0 Å². The minimum absolute atomic E-state index is 0.0211. The van der Waals surface area contributed by atoms with Gasteiger partial charge in [-0.2, -0.15) is 0 Å². The molecule has 1 rings (SSSR count). The summed E-state index contributed by atoms with van der Waals surface area (Å²) < 4.78 is 1.90. The van der Waals surface area contributed by atoms with Crippen molar-refractivity contribution in [2.75, 3.05) is 0 Å². The number of aromatic nitrogens is 2. The van der Waals surface area contributed by atoms with Crippen molar-refractivity contribution >= 4 is 6.29 Å². The highest BCUT2D eigenvalue weighted by Gasteiger charge is 2.19. The number of nitrogens with zero attached hydrogens (tertiary/aromatic N) is 2. The summed E-state index contributed by atoms with van der Waals surface area (Å²) in [6.45, 7) is 6.26.